The van der Waals surface area contributed by atoms with Crippen LogP contribution >= 0.6 is 0 Å². The minimum absolute atomic E-state index is 0.0382. The topological polar surface area (TPSA) is 51.0 Å². The van der Waals surface area contributed by atoms with Crippen molar-refractivity contribution in [2.24, 2.45) is 5.73 Å². The summed E-state index contributed by atoms with van der Waals surface area (Å²) >= 11 is 0. The Hall–Kier alpha value is -0.800. The van der Waals surface area contributed by atoms with Crippen molar-refractivity contribution in [3.63, 3.8) is 0 Å². The Balaban J connectivity index is 2.79. The van der Waals surface area contributed by atoms with E-state index in [4.69, 9.17) is 10.5 Å². The molecule has 1 rings (SSSR count). The third-order valence-corrected chi connectivity index (χ3v) is 1.91. The molecule has 12 heavy (non-hydrogen) atoms. The van der Waals surface area contributed by atoms with Gasteiger partial charge in [-0.2, -0.15) is 0 Å². The fourth-order valence-electron chi connectivity index (χ4n) is 1.40. The van der Waals surface area contributed by atoms with E-state index in [-0.39, 0.29) is 6.04 Å². The van der Waals surface area contributed by atoms with Gasteiger partial charge in [-0.25, -0.2) is 0 Å². The Kier molecular flexibility index (Phi) is 2.89. The Morgan fingerprint density at radius 2 is 2.25 bits per heavy atom. The number of ether oxygens (including phenoxy) is 1. The molecule has 3 nitrogen and oxygen atoms in total. The SMILES string of the molecule is COC[C@@H](N)c1[nH]c(C)cc1C. The van der Waals surface area contributed by atoms with Crippen LogP contribution in [0.4, 0.5) is 0 Å². The molecule has 0 unspecified atom stereocenters. The maximum Gasteiger partial charge on any atom is 0.0688 e. The Bertz CT molecular complexity index is 255. The van der Waals surface area contributed by atoms with Gasteiger partial charge in [0.2, 0.25) is 0 Å². The van der Waals surface area contributed by atoms with Crippen molar-refractivity contribution >= 4 is 0 Å². The second-order valence-corrected chi connectivity index (χ2v) is 3.11. The molecular weight excluding hydrogens is 152 g/mol. The Morgan fingerprint density at radius 3 is 2.67 bits per heavy atom. The van der Waals surface area contributed by atoms with Crippen molar-refractivity contribution in [1.82, 2.24) is 4.98 Å². The van der Waals surface area contributed by atoms with E-state index in [1.54, 1.807) is 7.11 Å². The molecule has 0 aromatic carbocycles. The second-order valence-electron chi connectivity index (χ2n) is 3.11. The molecule has 0 aliphatic heterocycles. The molecule has 1 aromatic heterocycles. The molecule has 0 radical (unpaired) electrons. The van der Waals surface area contributed by atoms with Crippen molar-refractivity contribution in [2.45, 2.75) is 19.9 Å². The highest BCUT2D eigenvalue weighted by Gasteiger charge is 2.10. The molecule has 0 spiro atoms. The van der Waals surface area contributed by atoms with Crippen molar-refractivity contribution < 1.29 is 4.74 Å². The largest absolute Gasteiger partial charge is 0.383 e. The van der Waals surface area contributed by atoms with Crippen molar-refractivity contribution in [3.05, 3.63) is 23.0 Å². The molecule has 0 amide bonds. The van der Waals surface area contributed by atoms with E-state index < -0.39 is 0 Å². The zero-order chi connectivity index (χ0) is 9.14. The van der Waals surface area contributed by atoms with Gasteiger partial charge in [-0.15, -0.1) is 0 Å². The lowest BCUT2D eigenvalue weighted by Gasteiger charge is -2.09. The van der Waals surface area contributed by atoms with Crippen LogP contribution in [-0.4, -0.2) is 18.7 Å². The number of nitrogens with one attached hydrogen (secondary N) is 1. The van der Waals surface area contributed by atoms with Crippen molar-refractivity contribution in [2.75, 3.05) is 13.7 Å². The molecule has 3 heteroatoms. The minimum Gasteiger partial charge on any atom is -0.383 e. The maximum absolute atomic E-state index is 5.86. The summed E-state index contributed by atoms with van der Waals surface area (Å²) in [6.07, 6.45) is 0. The van der Waals surface area contributed by atoms with Crippen LogP contribution in [0.15, 0.2) is 6.07 Å². The molecule has 0 aliphatic carbocycles. The Morgan fingerprint density at radius 1 is 1.58 bits per heavy atom. The van der Waals surface area contributed by atoms with Crippen LogP contribution in [0.25, 0.3) is 0 Å². The molecule has 68 valence electrons. The van der Waals surface area contributed by atoms with Gasteiger partial charge in [0.25, 0.3) is 0 Å². The van der Waals surface area contributed by atoms with E-state index >= 15 is 0 Å². The number of aromatic nitrogens is 1. The molecule has 1 heterocycles. The summed E-state index contributed by atoms with van der Waals surface area (Å²) in [5, 5.41) is 0. The molecule has 0 fully saturated rings. The smallest absolute Gasteiger partial charge is 0.0688 e. The summed E-state index contributed by atoms with van der Waals surface area (Å²) in [5.41, 5.74) is 9.29. The van der Waals surface area contributed by atoms with E-state index in [0.29, 0.717) is 6.61 Å². The predicted molar refractivity (Wildman–Crippen MR) is 49.1 cm³/mol. The number of rotatable bonds is 3. The van der Waals surface area contributed by atoms with Crippen molar-refractivity contribution in [3.8, 4) is 0 Å². The highest BCUT2D eigenvalue weighted by atomic mass is 16.5. The fourth-order valence-corrected chi connectivity index (χ4v) is 1.40. The number of hydrogen-bond acceptors (Lipinski definition) is 2. The Labute approximate surface area is 72.9 Å². The highest BCUT2D eigenvalue weighted by molar-refractivity contribution is 5.26. The van der Waals surface area contributed by atoms with Gasteiger partial charge in [-0.05, 0) is 25.5 Å². The number of H-pyrrole nitrogens is 1. The molecule has 0 aliphatic rings. The van der Waals surface area contributed by atoms with Crippen LogP contribution in [0.3, 0.4) is 0 Å². The highest BCUT2D eigenvalue weighted by Crippen LogP contribution is 2.15. The molecular formula is C9H16N2O. The van der Waals surface area contributed by atoms with Gasteiger partial charge in [0.05, 0.1) is 12.6 Å². The van der Waals surface area contributed by atoms with Gasteiger partial charge in [0.15, 0.2) is 0 Å². The first-order chi connectivity index (χ1) is 5.65. The third-order valence-electron chi connectivity index (χ3n) is 1.91. The van der Waals surface area contributed by atoms with Crippen molar-refractivity contribution in [1.29, 1.82) is 0 Å². The summed E-state index contributed by atoms with van der Waals surface area (Å²) in [5.74, 6) is 0. The number of methoxy groups -OCH3 is 1. The summed E-state index contributed by atoms with van der Waals surface area (Å²) in [6.45, 7) is 4.63. The summed E-state index contributed by atoms with van der Waals surface area (Å²) in [7, 11) is 1.66. The molecule has 0 saturated heterocycles. The first-order valence-electron chi connectivity index (χ1n) is 4.05. The van der Waals surface area contributed by atoms with E-state index in [9.17, 15) is 0 Å². The molecule has 3 N–H and O–H groups in total. The molecule has 0 saturated carbocycles. The van der Waals surface area contributed by atoms with Gasteiger partial charge < -0.3 is 15.5 Å². The lowest BCUT2D eigenvalue weighted by atomic mass is 10.1. The van der Waals surface area contributed by atoms with Gasteiger partial charge in [0.1, 0.15) is 0 Å². The molecule has 0 bridgehead atoms. The van der Waals surface area contributed by atoms with E-state index in [2.05, 4.69) is 11.1 Å². The lowest BCUT2D eigenvalue weighted by molar-refractivity contribution is 0.179. The summed E-state index contributed by atoms with van der Waals surface area (Å²) in [4.78, 5) is 3.22. The van der Waals surface area contributed by atoms with Gasteiger partial charge in [-0.1, -0.05) is 0 Å². The van der Waals surface area contributed by atoms with Gasteiger partial charge in [0, 0.05) is 18.5 Å². The van der Waals surface area contributed by atoms with Crippen LogP contribution in [0.1, 0.15) is 23.0 Å². The van der Waals surface area contributed by atoms with E-state index in [1.807, 2.05) is 13.8 Å². The number of aryl methyl sites for hydroxylation is 2. The number of hydrogen-bond donors (Lipinski definition) is 2. The van der Waals surface area contributed by atoms with E-state index in [0.717, 1.165) is 11.4 Å². The van der Waals surface area contributed by atoms with Gasteiger partial charge >= 0.3 is 0 Å². The fraction of sp³-hybridized carbons (Fsp3) is 0.556. The second kappa shape index (κ2) is 3.74. The van der Waals surface area contributed by atoms with Crippen LogP contribution in [0.2, 0.25) is 0 Å². The quantitative estimate of drug-likeness (QED) is 0.714. The third kappa shape index (κ3) is 1.87. The molecule has 1 aromatic rings. The zero-order valence-corrected chi connectivity index (χ0v) is 7.85. The minimum atomic E-state index is -0.0382. The van der Waals surface area contributed by atoms with Crippen LogP contribution in [0, 0.1) is 13.8 Å². The van der Waals surface area contributed by atoms with Crippen LogP contribution in [0.5, 0.6) is 0 Å². The van der Waals surface area contributed by atoms with Crippen LogP contribution < -0.4 is 5.73 Å². The predicted octanol–water partition coefficient (Wildman–Crippen LogP) is 1.28. The van der Waals surface area contributed by atoms with E-state index in [1.165, 1.54) is 5.56 Å². The maximum atomic E-state index is 5.86. The van der Waals surface area contributed by atoms with Crippen LogP contribution in [-0.2, 0) is 4.74 Å². The van der Waals surface area contributed by atoms with Gasteiger partial charge in [-0.3, -0.25) is 0 Å². The standard InChI is InChI=1S/C9H16N2O/c1-6-4-7(2)11-9(6)8(10)5-12-3/h4,8,11H,5,10H2,1-3H3/t8-/m1/s1. The average molecular weight is 168 g/mol. The first kappa shape index (κ1) is 9.29. The zero-order valence-electron chi connectivity index (χ0n) is 7.85. The average Bonchev–Trinajstić information content (AvgIpc) is 2.30. The summed E-state index contributed by atoms with van der Waals surface area (Å²) < 4.78 is 4.98. The number of nitrogens with two attached hydrogens (primary N) is 1. The number of aromatic amines is 1. The lowest BCUT2D eigenvalue weighted by Crippen LogP contribution is -2.17. The first-order valence-corrected chi connectivity index (χ1v) is 4.05. The normalized spacial score (nSPS) is 13.3. The molecule has 1 atom stereocenters. The summed E-state index contributed by atoms with van der Waals surface area (Å²) in [6, 6.07) is 2.05. The monoisotopic (exact) mass is 168 g/mol.